The summed E-state index contributed by atoms with van der Waals surface area (Å²) >= 11 is 9.66. The largest absolute Gasteiger partial charge is 0.397 e. The van der Waals surface area contributed by atoms with Gasteiger partial charge in [-0.15, -0.1) is 0 Å². The van der Waals surface area contributed by atoms with Crippen molar-refractivity contribution in [3.63, 3.8) is 0 Å². The quantitative estimate of drug-likeness (QED) is 0.794. The summed E-state index contributed by atoms with van der Waals surface area (Å²) < 4.78 is 1.04. The lowest BCUT2D eigenvalue weighted by molar-refractivity contribution is 0.245. The Morgan fingerprint density at radius 3 is 2.76 bits per heavy atom. The van der Waals surface area contributed by atoms with Gasteiger partial charge in [0.2, 0.25) is 0 Å². The number of halogens is 2. The molecule has 0 amide bonds. The highest BCUT2D eigenvalue weighted by atomic mass is 79.9. The summed E-state index contributed by atoms with van der Waals surface area (Å²) in [5.41, 5.74) is 17.1. The van der Waals surface area contributed by atoms with E-state index in [9.17, 15) is 0 Å². The summed E-state index contributed by atoms with van der Waals surface area (Å²) in [6.45, 7) is 2.73. The minimum atomic E-state index is 0.656. The van der Waals surface area contributed by atoms with Crippen molar-refractivity contribution in [1.29, 1.82) is 0 Å². The summed E-state index contributed by atoms with van der Waals surface area (Å²) in [7, 11) is 0. The molecule has 1 heterocycles. The summed E-state index contributed by atoms with van der Waals surface area (Å²) in [6, 6.07) is 9.91. The molecule has 0 aromatic heterocycles. The Hall–Kier alpha value is -1.23. The van der Waals surface area contributed by atoms with Gasteiger partial charge in [0, 0.05) is 29.1 Å². The normalized spacial score (nSPS) is 15.0. The topological polar surface area (TPSA) is 55.3 Å². The molecule has 3 nitrogen and oxygen atoms in total. The van der Waals surface area contributed by atoms with Crippen LogP contribution in [-0.2, 0) is 19.5 Å². The van der Waals surface area contributed by atoms with Crippen LogP contribution in [0.5, 0.6) is 0 Å². The monoisotopic (exact) mass is 365 g/mol. The van der Waals surface area contributed by atoms with Gasteiger partial charge in [0.05, 0.1) is 11.4 Å². The first-order valence-electron chi connectivity index (χ1n) is 6.86. The summed E-state index contributed by atoms with van der Waals surface area (Å²) in [6.07, 6.45) is 0.922. The fourth-order valence-electron chi connectivity index (χ4n) is 2.84. The lowest BCUT2D eigenvalue weighted by Gasteiger charge is -2.30. The molecule has 0 spiro atoms. The molecule has 0 saturated carbocycles. The van der Waals surface area contributed by atoms with Crippen LogP contribution in [0.1, 0.15) is 16.7 Å². The third-order valence-corrected chi connectivity index (χ3v) is 4.87. The summed E-state index contributed by atoms with van der Waals surface area (Å²) in [5, 5.41) is 0.781. The Balaban J connectivity index is 1.83. The Bertz CT molecular complexity index is 687. The number of nitrogen functional groups attached to an aromatic ring is 2. The average molecular weight is 367 g/mol. The second-order valence-corrected chi connectivity index (χ2v) is 6.70. The number of rotatable bonds is 2. The van der Waals surface area contributed by atoms with E-state index >= 15 is 0 Å². The van der Waals surface area contributed by atoms with Gasteiger partial charge in [-0.2, -0.15) is 0 Å². The molecule has 1 aliphatic rings. The van der Waals surface area contributed by atoms with Gasteiger partial charge >= 0.3 is 0 Å². The second kappa shape index (κ2) is 5.87. The zero-order chi connectivity index (χ0) is 15.0. The molecule has 2 aromatic rings. The molecule has 1 aliphatic heterocycles. The first-order valence-corrected chi connectivity index (χ1v) is 8.03. The Kier molecular flexibility index (Phi) is 4.11. The van der Waals surface area contributed by atoms with E-state index in [0.29, 0.717) is 5.69 Å². The van der Waals surface area contributed by atoms with E-state index in [2.05, 4.69) is 26.9 Å². The van der Waals surface area contributed by atoms with Crippen LogP contribution in [0.3, 0.4) is 0 Å². The molecule has 4 N–H and O–H groups in total. The molecule has 0 unspecified atom stereocenters. The fourth-order valence-corrected chi connectivity index (χ4v) is 3.66. The maximum absolute atomic E-state index is 6.11. The molecule has 0 radical (unpaired) electrons. The molecule has 21 heavy (non-hydrogen) atoms. The summed E-state index contributed by atoms with van der Waals surface area (Å²) in [4.78, 5) is 2.40. The maximum Gasteiger partial charge on any atom is 0.0584 e. The smallest absolute Gasteiger partial charge is 0.0584 e. The van der Waals surface area contributed by atoms with Crippen molar-refractivity contribution in [1.82, 2.24) is 4.90 Å². The Morgan fingerprint density at radius 1 is 1.19 bits per heavy atom. The van der Waals surface area contributed by atoms with Crippen LogP contribution < -0.4 is 11.5 Å². The Morgan fingerprint density at radius 2 is 2.00 bits per heavy atom. The van der Waals surface area contributed by atoms with E-state index in [1.165, 1.54) is 16.7 Å². The number of fused-ring (bicyclic) bond motifs is 1. The predicted molar refractivity (Wildman–Crippen MR) is 92.2 cm³/mol. The maximum atomic E-state index is 6.11. The van der Waals surface area contributed by atoms with E-state index in [-0.39, 0.29) is 0 Å². The van der Waals surface area contributed by atoms with Crippen molar-refractivity contribution in [3.05, 3.63) is 56.5 Å². The van der Waals surface area contributed by atoms with Crippen molar-refractivity contribution in [2.24, 2.45) is 0 Å². The minimum Gasteiger partial charge on any atom is -0.397 e. The van der Waals surface area contributed by atoms with Gasteiger partial charge in [0.25, 0.3) is 0 Å². The van der Waals surface area contributed by atoms with Gasteiger partial charge in [-0.25, -0.2) is 0 Å². The molecule has 2 aromatic carbocycles. The van der Waals surface area contributed by atoms with Crippen LogP contribution in [-0.4, -0.2) is 11.4 Å². The fraction of sp³-hybridized carbons (Fsp3) is 0.250. The predicted octanol–water partition coefficient (Wildman–Crippen LogP) is 3.83. The molecule has 0 saturated heterocycles. The van der Waals surface area contributed by atoms with Crippen LogP contribution in [0, 0.1) is 0 Å². The summed E-state index contributed by atoms with van der Waals surface area (Å²) in [5.74, 6) is 0. The third-order valence-electron chi connectivity index (χ3n) is 3.93. The lowest BCUT2D eigenvalue weighted by Crippen LogP contribution is -2.31. The van der Waals surface area contributed by atoms with E-state index in [1.807, 2.05) is 24.3 Å². The van der Waals surface area contributed by atoms with Crippen molar-refractivity contribution in [2.75, 3.05) is 18.0 Å². The van der Waals surface area contributed by atoms with Crippen LogP contribution in [0.2, 0.25) is 5.02 Å². The first-order chi connectivity index (χ1) is 10.0. The minimum absolute atomic E-state index is 0.656. The van der Waals surface area contributed by atoms with Gasteiger partial charge in [0.15, 0.2) is 0 Å². The highest BCUT2D eigenvalue weighted by Crippen LogP contribution is 2.35. The van der Waals surface area contributed by atoms with E-state index in [4.69, 9.17) is 23.1 Å². The molecular formula is C16H17BrClN3. The number of hydrogen-bond donors (Lipinski definition) is 2. The van der Waals surface area contributed by atoms with Crippen molar-refractivity contribution in [3.8, 4) is 0 Å². The number of nitrogens with zero attached hydrogens (tertiary/aromatic N) is 1. The number of nitrogens with two attached hydrogens (primary N) is 2. The molecule has 3 rings (SSSR count). The molecule has 0 aliphatic carbocycles. The molecule has 0 bridgehead atoms. The average Bonchev–Trinajstić information content (AvgIpc) is 2.45. The lowest BCUT2D eigenvalue weighted by atomic mass is 9.96. The van der Waals surface area contributed by atoms with Crippen LogP contribution in [0.15, 0.2) is 34.8 Å². The molecule has 5 heteroatoms. The second-order valence-electron chi connectivity index (χ2n) is 5.41. The number of anilines is 2. The van der Waals surface area contributed by atoms with Gasteiger partial charge in [-0.1, -0.05) is 39.7 Å². The van der Waals surface area contributed by atoms with Crippen molar-refractivity contribution in [2.45, 2.75) is 19.5 Å². The third kappa shape index (κ3) is 3.03. The highest BCUT2D eigenvalue weighted by Gasteiger charge is 2.22. The highest BCUT2D eigenvalue weighted by molar-refractivity contribution is 9.10. The number of hydrogen-bond acceptors (Lipinski definition) is 3. The van der Waals surface area contributed by atoms with Gasteiger partial charge in [-0.3, -0.25) is 4.90 Å². The van der Waals surface area contributed by atoms with Crippen LogP contribution in [0.4, 0.5) is 11.4 Å². The van der Waals surface area contributed by atoms with Gasteiger partial charge < -0.3 is 11.5 Å². The molecular weight excluding hydrogens is 350 g/mol. The molecule has 0 fully saturated rings. The molecule has 0 atom stereocenters. The van der Waals surface area contributed by atoms with Crippen LogP contribution >= 0.6 is 27.5 Å². The van der Waals surface area contributed by atoms with E-state index in [0.717, 1.165) is 41.2 Å². The van der Waals surface area contributed by atoms with E-state index < -0.39 is 0 Å². The zero-order valence-corrected chi connectivity index (χ0v) is 13.9. The van der Waals surface area contributed by atoms with Gasteiger partial charge in [0.1, 0.15) is 0 Å². The van der Waals surface area contributed by atoms with Crippen LogP contribution in [0.25, 0.3) is 0 Å². The number of benzene rings is 2. The zero-order valence-electron chi connectivity index (χ0n) is 11.6. The SMILES string of the molecule is Nc1cc(Br)c2c(c1N)CCN(Cc1cccc(Cl)c1)C2. The van der Waals surface area contributed by atoms with Gasteiger partial charge in [-0.05, 0) is 41.3 Å². The first kappa shape index (κ1) is 14.7. The standard InChI is InChI=1S/C16H17BrClN3/c17-14-7-15(19)16(20)12-4-5-21(9-13(12)14)8-10-2-1-3-11(18)6-10/h1-3,6-7H,4-5,8-9,19-20H2. The van der Waals surface area contributed by atoms with E-state index in [1.54, 1.807) is 0 Å². The van der Waals surface area contributed by atoms with Crippen molar-refractivity contribution >= 4 is 38.9 Å². The van der Waals surface area contributed by atoms with Crippen molar-refractivity contribution < 1.29 is 0 Å². The molecule has 110 valence electrons. The Labute approximate surface area is 138 Å².